The SMILES string of the molecule is CC/C1=C(C)/C=C/C=C/C(C)=C/C=C/CC(CCC(=O)O)C/C=C/C=C(C)\C=C\C1. The van der Waals surface area contributed by atoms with E-state index in [0.29, 0.717) is 12.3 Å². The van der Waals surface area contributed by atoms with Crippen LogP contribution in [0.5, 0.6) is 0 Å². The van der Waals surface area contributed by atoms with E-state index in [4.69, 9.17) is 5.11 Å². The van der Waals surface area contributed by atoms with Crippen LogP contribution in [0.15, 0.2) is 95.2 Å². The number of carbonyl (C=O) groups is 1. The van der Waals surface area contributed by atoms with E-state index in [0.717, 1.165) is 25.7 Å². The first kappa shape index (κ1) is 25.4. The summed E-state index contributed by atoms with van der Waals surface area (Å²) < 4.78 is 0. The third-order valence-corrected chi connectivity index (χ3v) is 5.24. The van der Waals surface area contributed by atoms with Gasteiger partial charge in [0.25, 0.3) is 0 Å². The molecule has 0 saturated carbocycles. The number of rotatable bonds is 4. The van der Waals surface area contributed by atoms with E-state index >= 15 is 0 Å². The van der Waals surface area contributed by atoms with Crippen molar-refractivity contribution in [2.45, 2.75) is 66.2 Å². The van der Waals surface area contributed by atoms with Gasteiger partial charge in [-0.15, -0.1) is 0 Å². The van der Waals surface area contributed by atoms with Crippen molar-refractivity contribution in [2.24, 2.45) is 5.92 Å². The Morgan fingerprint density at radius 2 is 1.50 bits per heavy atom. The van der Waals surface area contributed by atoms with E-state index in [1.165, 1.54) is 22.3 Å². The van der Waals surface area contributed by atoms with E-state index in [1.54, 1.807) is 0 Å². The molecule has 0 aromatic carbocycles. The fraction of sp³-hybridized carbons (Fsp3) is 0.393. The van der Waals surface area contributed by atoms with Crippen molar-refractivity contribution in [3.8, 4) is 0 Å². The lowest BCUT2D eigenvalue weighted by atomic mass is 9.95. The molecule has 0 amide bonds. The summed E-state index contributed by atoms with van der Waals surface area (Å²) in [6.45, 7) is 8.59. The van der Waals surface area contributed by atoms with Crippen LogP contribution in [0.25, 0.3) is 0 Å². The Labute approximate surface area is 183 Å². The van der Waals surface area contributed by atoms with Gasteiger partial charge in [0, 0.05) is 6.42 Å². The molecule has 162 valence electrons. The zero-order chi connectivity index (χ0) is 22.2. The summed E-state index contributed by atoms with van der Waals surface area (Å²) in [5.74, 6) is -0.379. The Balaban J connectivity index is 3.04. The lowest BCUT2D eigenvalue weighted by Gasteiger charge is -2.11. The number of aliphatic carboxylic acids is 1. The van der Waals surface area contributed by atoms with Gasteiger partial charge in [-0.1, -0.05) is 102 Å². The molecule has 0 spiro atoms. The van der Waals surface area contributed by atoms with Crippen molar-refractivity contribution >= 4 is 5.97 Å². The summed E-state index contributed by atoms with van der Waals surface area (Å²) >= 11 is 0. The zero-order valence-electron chi connectivity index (χ0n) is 19.1. The van der Waals surface area contributed by atoms with Crippen molar-refractivity contribution in [3.05, 3.63) is 95.2 Å². The third-order valence-electron chi connectivity index (χ3n) is 5.24. The fourth-order valence-electron chi connectivity index (χ4n) is 3.25. The molecule has 0 aliphatic heterocycles. The summed E-state index contributed by atoms with van der Waals surface area (Å²) in [5, 5.41) is 9.01. The van der Waals surface area contributed by atoms with Crippen LogP contribution in [0.4, 0.5) is 0 Å². The lowest BCUT2D eigenvalue weighted by Crippen LogP contribution is -2.03. The summed E-state index contributed by atoms with van der Waals surface area (Å²) in [6, 6.07) is 0. The maximum atomic E-state index is 11.0. The third kappa shape index (κ3) is 12.1. The van der Waals surface area contributed by atoms with Gasteiger partial charge in [0.2, 0.25) is 0 Å². The molecule has 2 heteroatoms. The molecule has 0 radical (unpaired) electrons. The van der Waals surface area contributed by atoms with E-state index in [1.807, 2.05) is 0 Å². The average molecular weight is 407 g/mol. The minimum atomic E-state index is -0.722. The molecule has 1 aliphatic rings. The molecule has 1 rings (SSSR count). The summed E-state index contributed by atoms with van der Waals surface area (Å²) in [5.41, 5.74) is 5.18. The molecule has 0 fully saturated rings. The second kappa shape index (κ2) is 15.3. The van der Waals surface area contributed by atoms with E-state index in [9.17, 15) is 4.79 Å². The Bertz CT molecular complexity index is 779. The molecular formula is C28H38O2. The second-order valence-corrected chi connectivity index (χ2v) is 7.91. The Kier molecular flexibility index (Phi) is 12.9. The minimum absolute atomic E-state index is 0.223. The zero-order valence-corrected chi connectivity index (χ0v) is 19.1. The molecule has 0 aromatic rings. The predicted octanol–water partition coefficient (Wildman–Crippen LogP) is 8.05. The molecule has 30 heavy (non-hydrogen) atoms. The highest BCUT2D eigenvalue weighted by atomic mass is 16.4. The van der Waals surface area contributed by atoms with Gasteiger partial charge in [0.1, 0.15) is 0 Å². The van der Waals surface area contributed by atoms with Gasteiger partial charge in [-0.25, -0.2) is 0 Å². The predicted molar refractivity (Wildman–Crippen MR) is 130 cm³/mol. The van der Waals surface area contributed by atoms with Gasteiger partial charge in [-0.05, 0) is 58.8 Å². The van der Waals surface area contributed by atoms with Gasteiger partial charge in [-0.2, -0.15) is 0 Å². The van der Waals surface area contributed by atoms with Gasteiger partial charge >= 0.3 is 5.97 Å². The summed E-state index contributed by atoms with van der Waals surface area (Å²) in [7, 11) is 0. The summed E-state index contributed by atoms with van der Waals surface area (Å²) in [4.78, 5) is 11.0. The standard InChI is InChI=1S/C28H38O2/c1-5-27-20-12-16-24(3)15-8-11-19-26(21-22-28(29)30)18-10-7-14-23(2)13-6-9-17-25(27)4/h6-17,26H,5,18-22H2,1-4H3,(H,29,30)/b10-7+,11-8+,13-6+,16-12+,17-9+,23-14+,24-15-,27-25-. The minimum Gasteiger partial charge on any atom is -0.481 e. The summed E-state index contributed by atoms with van der Waals surface area (Å²) in [6.07, 6.45) is 30.3. The molecule has 0 heterocycles. The first-order valence-electron chi connectivity index (χ1n) is 11.0. The van der Waals surface area contributed by atoms with Crippen molar-refractivity contribution in [3.63, 3.8) is 0 Å². The van der Waals surface area contributed by atoms with E-state index < -0.39 is 5.97 Å². The Morgan fingerprint density at radius 3 is 2.10 bits per heavy atom. The average Bonchev–Trinajstić information content (AvgIpc) is 2.71. The van der Waals surface area contributed by atoms with Crippen LogP contribution in [0.2, 0.25) is 0 Å². The first-order valence-corrected chi connectivity index (χ1v) is 11.0. The molecule has 1 atom stereocenters. The van der Waals surface area contributed by atoms with Gasteiger partial charge < -0.3 is 5.11 Å². The van der Waals surface area contributed by atoms with Crippen LogP contribution in [-0.2, 0) is 4.79 Å². The molecule has 0 aromatic heterocycles. The van der Waals surface area contributed by atoms with Crippen molar-refractivity contribution < 1.29 is 9.90 Å². The van der Waals surface area contributed by atoms with Crippen molar-refractivity contribution in [1.29, 1.82) is 0 Å². The van der Waals surface area contributed by atoms with E-state index in [2.05, 4.69) is 101 Å². The van der Waals surface area contributed by atoms with Crippen LogP contribution < -0.4 is 0 Å². The largest absolute Gasteiger partial charge is 0.481 e. The Morgan fingerprint density at radius 1 is 0.900 bits per heavy atom. The normalized spacial score (nSPS) is 30.7. The molecule has 1 N–H and O–H groups in total. The van der Waals surface area contributed by atoms with Crippen LogP contribution in [0, 0.1) is 5.92 Å². The monoisotopic (exact) mass is 406 g/mol. The van der Waals surface area contributed by atoms with Crippen molar-refractivity contribution in [1.82, 2.24) is 0 Å². The quantitative estimate of drug-likeness (QED) is 0.513. The number of carboxylic acids is 1. The highest BCUT2D eigenvalue weighted by Crippen LogP contribution is 2.18. The number of carboxylic acid groups (broad SMARTS) is 1. The second-order valence-electron chi connectivity index (χ2n) is 7.91. The first-order chi connectivity index (χ1) is 14.4. The lowest BCUT2D eigenvalue weighted by molar-refractivity contribution is -0.137. The van der Waals surface area contributed by atoms with Crippen LogP contribution in [0.3, 0.4) is 0 Å². The molecule has 0 bridgehead atoms. The molecule has 1 aliphatic carbocycles. The topological polar surface area (TPSA) is 37.3 Å². The Hall–Kier alpha value is -2.61. The van der Waals surface area contributed by atoms with E-state index in [-0.39, 0.29) is 6.42 Å². The highest BCUT2D eigenvalue weighted by molar-refractivity contribution is 5.66. The van der Waals surface area contributed by atoms with Crippen LogP contribution in [-0.4, -0.2) is 11.1 Å². The van der Waals surface area contributed by atoms with Crippen LogP contribution in [0.1, 0.15) is 66.2 Å². The van der Waals surface area contributed by atoms with Crippen LogP contribution >= 0.6 is 0 Å². The number of allylic oxidation sites excluding steroid dienone is 16. The maximum Gasteiger partial charge on any atom is 0.303 e. The number of hydrogen-bond acceptors (Lipinski definition) is 1. The van der Waals surface area contributed by atoms with Gasteiger partial charge in [-0.3, -0.25) is 4.79 Å². The fourth-order valence-corrected chi connectivity index (χ4v) is 3.25. The highest BCUT2D eigenvalue weighted by Gasteiger charge is 2.07. The molecule has 0 saturated heterocycles. The van der Waals surface area contributed by atoms with Gasteiger partial charge in [0.15, 0.2) is 0 Å². The smallest absolute Gasteiger partial charge is 0.303 e. The molecule has 2 nitrogen and oxygen atoms in total. The number of hydrogen-bond donors (Lipinski definition) is 1. The maximum absolute atomic E-state index is 11.0. The van der Waals surface area contributed by atoms with Crippen molar-refractivity contribution in [2.75, 3.05) is 0 Å². The van der Waals surface area contributed by atoms with Gasteiger partial charge in [0.05, 0.1) is 0 Å². The molecule has 1 unspecified atom stereocenters. The molecular weight excluding hydrogens is 368 g/mol.